The molecule has 0 saturated carbocycles. The van der Waals surface area contributed by atoms with E-state index in [9.17, 15) is 8.42 Å². The molecule has 0 spiro atoms. The first kappa shape index (κ1) is 15.9. The maximum absolute atomic E-state index is 12.1. The first-order valence-corrected chi connectivity index (χ1v) is 8.43. The van der Waals surface area contributed by atoms with Gasteiger partial charge in [0, 0.05) is 20.2 Å². The highest BCUT2D eigenvalue weighted by Gasteiger charge is 2.24. The van der Waals surface area contributed by atoms with Crippen molar-refractivity contribution in [3.05, 3.63) is 0 Å². The van der Waals surface area contributed by atoms with Gasteiger partial charge in [0.15, 0.2) is 0 Å². The average Bonchev–Trinajstić information content (AvgIpc) is 2.35. The molecule has 1 aliphatic heterocycles. The van der Waals surface area contributed by atoms with E-state index in [4.69, 9.17) is 5.11 Å². The summed E-state index contributed by atoms with van der Waals surface area (Å²) in [7, 11) is -1.44. The molecule has 1 fully saturated rings. The van der Waals surface area contributed by atoms with Crippen LogP contribution in [0, 0.1) is 5.92 Å². The van der Waals surface area contributed by atoms with Gasteiger partial charge in [-0.15, -0.1) is 0 Å². The summed E-state index contributed by atoms with van der Waals surface area (Å²) in [5.41, 5.74) is 0. The van der Waals surface area contributed by atoms with Crippen LogP contribution < -0.4 is 5.32 Å². The van der Waals surface area contributed by atoms with Crippen LogP contribution in [0.1, 0.15) is 32.1 Å². The number of hydrogen-bond acceptors (Lipinski definition) is 4. The minimum atomic E-state index is -3.10. The number of hydrogen-bond donors (Lipinski definition) is 2. The third kappa shape index (κ3) is 5.65. The van der Waals surface area contributed by atoms with E-state index in [2.05, 4.69) is 5.32 Å². The van der Waals surface area contributed by atoms with Crippen molar-refractivity contribution in [2.24, 2.45) is 5.92 Å². The fraction of sp³-hybridized carbons (Fsp3) is 1.00. The van der Waals surface area contributed by atoms with E-state index in [0.717, 1.165) is 45.2 Å². The van der Waals surface area contributed by atoms with Gasteiger partial charge in [0.1, 0.15) is 0 Å². The Balaban J connectivity index is 2.31. The topological polar surface area (TPSA) is 69.6 Å². The lowest BCUT2D eigenvalue weighted by molar-refractivity contribution is 0.281. The van der Waals surface area contributed by atoms with Crippen LogP contribution in [0.5, 0.6) is 0 Å². The van der Waals surface area contributed by atoms with Crippen molar-refractivity contribution in [2.75, 3.05) is 39.0 Å². The largest absolute Gasteiger partial charge is 0.396 e. The van der Waals surface area contributed by atoms with Gasteiger partial charge < -0.3 is 10.4 Å². The van der Waals surface area contributed by atoms with Crippen molar-refractivity contribution < 1.29 is 13.5 Å². The Labute approximate surface area is 111 Å². The lowest BCUT2D eigenvalue weighted by Crippen LogP contribution is -2.37. The van der Waals surface area contributed by atoms with Crippen LogP contribution in [-0.4, -0.2) is 56.9 Å². The van der Waals surface area contributed by atoms with Gasteiger partial charge in [-0.1, -0.05) is 0 Å². The molecular formula is C12H26N2O3S. The quantitative estimate of drug-likeness (QED) is 0.631. The summed E-state index contributed by atoms with van der Waals surface area (Å²) >= 11 is 0. The summed E-state index contributed by atoms with van der Waals surface area (Å²) in [6, 6.07) is 0. The number of nitrogens with one attached hydrogen (secondary N) is 1. The zero-order valence-electron chi connectivity index (χ0n) is 11.3. The second-order valence-electron chi connectivity index (χ2n) is 5.08. The number of aliphatic hydroxyl groups is 1. The Bertz CT molecular complexity index is 313. The molecule has 0 aromatic carbocycles. The molecule has 0 amide bonds. The van der Waals surface area contributed by atoms with E-state index >= 15 is 0 Å². The van der Waals surface area contributed by atoms with Gasteiger partial charge >= 0.3 is 0 Å². The Morgan fingerprint density at radius 3 is 2.50 bits per heavy atom. The van der Waals surface area contributed by atoms with Crippen molar-refractivity contribution in [2.45, 2.75) is 32.1 Å². The van der Waals surface area contributed by atoms with Gasteiger partial charge in [0.2, 0.25) is 10.0 Å². The molecule has 108 valence electrons. The molecule has 1 aliphatic rings. The highest BCUT2D eigenvalue weighted by atomic mass is 32.2. The van der Waals surface area contributed by atoms with E-state index in [0.29, 0.717) is 12.5 Å². The summed E-state index contributed by atoms with van der Waals surface area (Å²) in [5.74, 6) is 0.585. The third-order valence-electron chi connectivity index (χ3n) is 3.51. The molecule has 0 radical (unpaired) electrons. The molecule has 5 nitrogen and oxygen atoms in total. The fourth-order valence-corrected chi connectivity index (χ4v) is 3.83. The zero-order chi connectivity index (χ0) is 13.4. The SMILES string of the molecule is CN(CCCCCO)S(=O)(=O)CC1CCNCC1. The van der Waals surface area contributed by atoms with E-state index < -0.39 is 10.0 Å². The number of nitrogens with zero attached hydrogens (tertiary/aromatic N) is 1. The van der Waals surface area contributed by atoms with Crippen LogP contribution in [0.15, 0.2) is 0 Å². The molecule has 0 bridgehead atoms. The first-order valence-electron chi connectivity index (χ1n) is 6.82. The number of piperidine rings is 1. The molecule has 0 aromatic heterocycles. The van der Waals surface area contributed by atoms with Gasteiger partial charge in [0.25, 0.3) is 0 Å². The van der Waals surface area contributed by atoms with Crippen molar-refractivity contribution >= 4 is 10.0 Å². The lowest BCUT2D eigenvalue weighted by Gasteiger charge is -2.25. The van der Waals surface area contributed by atoms with Crippen LogP contribution in [0.25, 0.3) is 0 Å². The molecule has 1 heterocycles. The molecule has 18 heavy (non-hydrogen) atoms. The highest BCUT2D eigenvalue weighted by Crippen LogP contribution is 2.16. The predicted molar refractivity (Wildman–Crippen MR) is 72.9 cm³/mol. The lowest BCUT2D eigenvalue weighted by atomic mass is 10.0. The summed E-state index contributed by atoms with van der Waals surface area (Å²) in [5, 5.41) is 11.9. The standard InChI is InChI=1S/C12H26N2O3S/c1-14(9-3-2-4-10-15)18(16,17)11-12-5-7-13-8-6-12/h12-13,15H,2-11H2,1H3. The van der Waals surface area contributed by atoms with Crippen molar-refractivity contribution in [3.63, 3.8) is 0 Å². The molecule has 1 rings (SSSR count). The zero-order valence-corrected chi connectivity index (χ0v) is 12.1. The van der Waals surface area contributed by atoms with Crippen molar-refractivity contribution in [3.8, 4) is 0 Å². The molecule has 6 heteroatoms. The van der Waals surface area contributed by atoms with Crippen LogP contribution in [0.4, 0.5) is 0 Å². The van der Waals surface area contributed by atoms with Gasteiger partial charge in [-0.25, -0.2) is 12.7 Å². The predicted octanol–water partition coefficient (Wildman–Crippen LogP) is 0.410. The fourth-order valence-electron chi connectivity index (χ4n) is 2.24. The van der Waals surface area contributed by atoms with Crippen molar-refractivity contribution in [1.29, 1.82) is 0 Å². The second-order valence-corrected chi connectivity index (χ2v) is 7.20. The number of sulfonamides is 1. The summed E-state index contributed by atoms with van der Waals surface area (Å²) in [4.78, 5) is 0. The average molecular weight is 278 g/mol. The Kier molecular flexibility index (Phi) is 7.14. The van der Waals surface area contributed by atoms with Crippen LogP contribution in [0.3, 0.4) is 0 Å². The maximum Gasteiger partial charge on any atom is 0.214 e. The van der Waals surface area contributed by atoms with Crippen LogP contribution in [-0.2, 0) is 10.0 Å². The molecule has 0 unspecified atom stereocenters. The maximum atomic E-state index is 12.1. The van der Waals surface area contributed by atoms with E-state index in [1.165, 1.54) is 4.31 Å². The number of unbranched alkanes of at least 4 members (excludes halogenated alkanes) is 2. The van der Waals surface area contributed by atoms with E-state index in [1.807, 2.05) is 0 Å². The molecular weight excluding hydrogens is 252 g/mol. The highest BCUT2D eigenvalue weighted by molar-refractivity contribution is 7.89. The monoisotopic (exact) mass is 278 g/mol. The molecule has 0 aliphatic carbocycles. The second kappa shape index (κ2) is 8.09. The Morgan fingerprint density at radius 1 is 1.22 bits per heavy atom. The summed E-state index contributed by atoms with van der Waals surface area (Å²) in [6.45, 7) is 2.61. The van der Waals surface area contributed by atoms with Gasteiger partial charge in [-0.2, -0.15) is 0 Å². The molecule has 1 saturated heterocycles. The minimum Gasteiger partial charge on any atom is -0.396 e. The van der Waals surface area contributed by atoms with Crippen LogP contribution in [0.2, 0.25) is 0 Å². The van der Waals surface area contributed by atoms with Gasteiger partial charge in [-0.05, 0) is 51.1 Å². The van der Waals surface area contributed by atoms with Crippen LogP contribution >= 0.6 is 0 Å². The van der Waals surface area contributed by atoms with E-state index in [1.54, 1.807) is 7.05 Å². The summed E-state index contributed by atoms with van der Waals surface area (Å²) in [6.07, 6.45) is 4.36. The first-order chi connectivity index (χ1) is 8.56. The molecule has 2 N–H and O–H groups in total. The molecule has 0 atom stereocenters. The third-order valence-corrected chi connectivity index (χ3v) is 5.54. The Hall–Kier alpha value is -0.170. The normalized spacial score (nSPS) is 18.4. The summed E-state index contributed by atoms with van der Waals surface area (Å²) < 4.78 is 25.7. The molecule has 0 aromatic rings. The van der Waals surface area contributed by atoms with Gasteiger partial charge in [0.05, 0.1) is 5.75 Å². The van der Waals surface area contributed by atoms with Crippen molar-refractivity contribution in [1.82, 2.24) is 9.62 Å². The smallest absolute Gasteiger partial charge is 0.214 e. The Morgan fingerprint density at radius 2 is 1.89 bits per heavy atom. The van der Waals surface area contributed by atoms with E-state index in [-0.39, 0.29) is 12.4 Å². The minimum absolute atomic E-state index is 0.186. The number of rotatable bonds is 8. The van der Waals surface area contributed by atoms with Gasteiger partial charge in [-0.3, -0.25) is 0 Å². The number of aliphatic hydroxyl groups excluding tert-OH is 1.